The van der Waals surface area contributed by atoms with E-state index in [0.717, 1.165) is 16.7 Å². The number of aromatic nitrogens is 2. The van der Waals surface area contributed by atoms with Gasteiger partial charge in [-0.15, -0.1) is 6.58 Å². The van der Waals surface area contributed by atoms with Crippen LogP contribution in [-0.2, 0) is 0 Å². The predicted molar refractivity (Wildman–Crippen MR) is 82.3 cm³/mol. The zero-order valence-corrected chi connectivity index (χ0v) is 12.1. The molecule has 0 atom stereocenters. The topological polar surface area (TPSA) is 74.8 Å². The van der Waals surface area contributed by atoms with E-state index in [1.807, 2.05) is 32.0 Å². The first-order valence-corrected chi connectivity index (χ1v) is 6.59. The second-order valence-corrected chi connectivity index (χ2v) is 4.80. The van der Waals surface area contributed by atoms with Crippen molar-refractivity contribution in [1.82, 2.24) is 15.3 Å². The maximum absolute atomic E-state index is 11.9. The number of benzene rings is 1. The average molecular weight is 283 g/mol. The molecular weight excluding hydrogens is 266 g/mol. The number of rotatable bonds is 4. The van der Waals surface area contributed by atoms with Crippen molar-refractivity contribution in [3.05, 3.63) is 64.2 Å². The van der Waals surface area contributed by atoms with E-state index in [0.29, 0.717) is 12.2 Å². The van der Waals surface area contributed by atoms with Gasteiger partial charge in [0, 0.05) is 12.1 Å². The number of amides is 1. The molecule has 1 aromatic heterocycles. The number of H-pyrrole nitrogens is 1. The third-order valence-electron chi connectivity index (χ3n) is 3.07. The zero-order chi connectivity index (χ0) is 15.4. The highest BCUT2D eigenvalue weighted by molar-refractivity contribution is 5.93. The van der Waals surface area contributed by atoms with Gasteiger partial charge in [0.2, 0.25) is 0 Å². The number of aromatic amines is 1. The van der Waals surface area contributed by atoms with Crippen LogP contribution in [0.25, 0.3) is 11.3 Å². The van der Waals surface area contributed by atoms with Gasteiger partial charge in [-0.3, -0.25) is 4.79 Å². The lowest BCUT2D eigenvalue weighted by Gasteiger charge is -2.08. The molecule has 5 heteroatoms. The van der Waals surface area contributed by atoms with Crippen LogP contribution in [0.5, 0.6) is 0 Å². The van der Waals surface area contributed by atoms with E-state index in [9.17, 15) is 9.59 Å². The monoisotopic (exact) mass is 283 g/mol. The van der Waals surface area contributed by atoms with Gasteiger partial charge in [-0.05, 0) is 31.5 Å². The van der Waals surface area contributed by atoms with E-state index < -0.39 is 5.69 Å². The lowest BCUT2D eigenvalue weighted by atomic mass is 10.0. The summed E-state index contributed by atoms with van der Waals surface area (Å²) in [6.07, 6.45) is 1.57. The lowest BCUT2D eigenvalue weighted by molar-refractivity contribution is 0.0952. The fourth-order valence-corrected chi connectivity index (χ4v) is 1.99. The first-order chi connectivity index (χ1) is 10.0. The van der Waals surface area contributed by atoms with E-state index in [1.165, 1.54) is 0 Å². The summed E-state index contributed by atoms with van der Waals surface area (Å²) in [7, 11) is 0. The molecule has 0 radical (unpaired) electrons. The summed E-state index contributed by atoms with van der Waals surface area (Å²) in [5, 5.41) is 2.63. The summed E-state index contributed by atoms with van der Waals surface area (Å²) < 4.78 is 0. The molecule has 1 amide bonds. The standard InChI is InChI=1S/C16H17N3O2/c1-4-7-17-15(20)14-9-13(18-16(21)19-14)12-8-10(2)5-6-11(12)3/h4-6,8-9H,1,7H2,2-3H3,(H,17,20)(H,18,19,21). The summed E-state index contributed by atoms with van der Waals surface area (Å²) in [5.74, 6) is -0.360. The normalized spacial score (nSPS) is 10.2. The van der Waals surface area contributed by atoms with Gasteiger partial charge in [-0.2, -0.15) is 4.98 Å². The Labute approximate surface area is 122 Å². The van der Waals surface area contributed by atoms with Crippen molar-refractivity contribution in [2.75, 3.05) is 6.54 Å². The Morgan fingerprint density at radius 2 is 2.14 bits per heavy atom. The molecule has 21 heavy (non-hydrogen) atoms. The number of hydrogen-bond donors (Lipinski definition) is 2. The summed E-state index contributed by atoms with van der Waals surface area (Å²) in [6.45, 7) is 7.77. The largest absolute Gasteiger partial charge is 0.347 e. The van der Waals surface area contributed by atoms with Gasteiger partial charge < -0.3 is 10.3 Å². The van der Waals surface area contributed by atoms with Crippen molar-refractivity contribution < 1.29 is 4.79 Å². The Kier molecular flexibility index (Phi) is 4.33. The molecule has 0 fully saturated rings. The molecule has 0 bridgehead atoms. The van der Waals surface area contributed by atoms with Crippen LogP contribution >= 0.6 is 0 Å². The van der Waals surface area contributed by atoms with Crippen molar-refractivity contribution in [1.29, 1.82) is 0 Å². The van der Waals surface area contributed by atoms with Crippen LogP contribution in [0.3, 0.4) is 0 Å². The van der Waals surface area contributed by atoms with E-state index in [1.54, 1.807) is 12.1 Å². The number of aryl methyl sites for hydroxylation is 2. The lowest BCUT2D eigenvalue weighted by Crippen LogP contribution is -2.27. The average Bonchev–Trinajstić information content (AvgIpc) is 2.46. The molecule has 0 aliphatic heterocycles. The third-order valence-corrected chi connectivity index (χ3v) is 3.07. The quantitative estimate of drug-likeness (QED) is 0.842. The number of hydrogen-bond acceptors (Lipinski definition) is 3. The van der Waals surface area contributed by atoms with Gasteiger partial charge in [-0.1, -0.05) is 23.8 Å². The number of carbonyl (C=O) groups is 1. The minimum absolute atomic E-state index is 0.188. The Bertz CT molecular complexity index is 747. The Balaban J connectivity index is 2.48. The second-order valence-electron chi connectivity index (χ2n) is 4.80. The van der Waals surface area contributed by atoms with Crippen LogP contribution in [0.4, 0.5) is 0 Å². The van der Waals surface area contributed by atoms with Crippen molar-refractivity contribution in [3.8, 4) is 11.3 Å². The molecule has 1 heterocycles. The van der Waals surface area contributed by atoms with Crippen LogP contribution < -0.4 is 11.0 Å². The minimum atomic E-state index is -0.544. The van der Waals surface area contributed by atoms with Gasteiger partial charge >= 0.3 is 5.69 Å². The number of nitrogens with one attached hydrogen (secondary N) is 2. The molecule has 0 saturated carbocycles. The molecule has 0 aliphatic carbocycles. The zero-order valence-electron chi connectivity index (χ0n) is 12.1. The fraction of sp³-hybridized carbons (Fsp3) is 0.188. The van der Waals surface area contributed by atoms with Gasteiger partial charge in [0.25, 0.3) is 5.91 Å². The molecule has 2 rings (SSSR count). The van der Waals surface area contributed by atoms with Gasteiger partial charge in [0.15, 0.2) is 0 Å². The Morgan fingerprint density at radius 3 is 2.86 bits per heavy atom. The fourth-order valence-electron chi connectivity index (χ4n) is 1.99. The second kappa shape index (κ2) is 6.17. The highest BCUT2D eigenvalue weighted by Crippen LogP contribution is 2.22. The molecule has 2 N–H and O–H groups in total. The maximum Gasteiger partial charge on any atom is 0.346 e. The minimum Gasteiger partial charge on any atom is -0.347 e. The van der Waals surface area contributed by atoms with Gasteiger partial charge in [-0.25, -0.2) is 4.79 Å². The molecule has 0 aliphatic rings. The first-order valence-electron chi connectivity index (χ1n) is 6.59. The van der Waals surface area contributed by atoms with Gasteiger partial charge in [0.05, 0.1) is 5.69 Å². The summed E-state index contributed by atoms with van der Waals surface area (Å²) in [5.41, 5.74) is 3.04. The Hall–Kier alpha value is -2.69. The maximum atomic E-state index is 11.9. The summed E-state index contributed by atoms with van der Waals surface area (Å²) >= 11 is 0. The molecule has 2 aromatic rings. The smallest absolute Gasteiger partial charge is 0.346 e. The van der Waals surface area contributed by atoms with Crippen molar-refractivity contribution in [2.24, 2.45) is 0 Å². The third kappa shape index (κ3) is 3.45. The molecular formula is C16H17N3O2. The molecule has 108 valence electrons. The molecule has 5 nitrogen and oxygen atoms in total. The van der Waals surface area contributed by atoms with Gasteiger partial charge in [0.1, 0.15) is 5.69 Å². The highest BCUT2D eigenvalue weighted by Gasteiger charge is 2.11. The van der Waals surface area contributed by atoms with Crippen molar-refractivity contribution in [2.45, 2.75) is 13.8 Å². The van der Waals surface area contributed by atoms with Crippen molar-refractivity contribution in [3.63, 3.8) is 0 Å². The summed E-state index contributed by atoms with van der Waals surface area (Å²) in [6, 6.07) is 7.48. The number of nitrogens with zero attached hydrogens (tertiary/aromatic N) is 1. The van der Waals surface area contributed by atoms with Crippen LogP contribution in [0.15, 0.2) is 41.7 Å². The first kappa shape index (κ1) is 14.7. The molecule has 0 spiro atoms. The van der Waals surface area contributed by atoms with E-state index >= 15 is 0 Å². The molecule has 1 aromatic carbocycles. The Morgan fingerprint density at radius 1 is 1.38 bits per heavy atom. The van der Waals surface area contributed by atoms with Crippen LogP contribution in [0.1, 0.15) is 21.6 Å². The van der Waals surface area contributed by atoms with E-state index in [2.05, 4.69) is 21.9 Å². The van der Waals surface area contributed by atoms with Crippen molar-refractivity contribution >= 4 is 5.91 Å². The SMILES string of the molecule is C=CCNC(=O)c1cc(-c2cc(C)ccc2C)nc(=O)[nH]1. The molecule has 0 unspecified atom stereocenters. The van der Waals surface area contributed by atoms with Crippen LogP contribution in [-0.4, -0.2) is 22.4 Å². The van der Waals surface area contributed by atoms with E-state index in [-0.39, 0.29) is 11.6 Å². The van der Waals surface area contributed by atoms with Crippen LogP contribution in [0.2, 0.25) is 0 Å². The summed E-state index contributed by atoms with van der Waals surface area (Å²) in [4.78, 5) is 30.0. The molecule has 0 saturated heterocycles. The highest BCUT2D eigenvalue weighted by atomic mass is 16.2. The predicted octanol–water partition coefficient (Wildman–Crippen LogP) is 1.97. The van der Waals surface area contributed by atoms with E-state index in [4.69, 9.17) is 0 Å². The number of carbonyl (C=O) groups excluding carboxylic acids is 1. The van der Waals surface area contributed by atoms with Crippen LogP contribution in [0, 0.1) is 13.8 Å².